The van der Waals surface area contributed by atoms with E-state index in [-0.39, 0.29) is 11.9 Å². The Kier molecular flexibility index (Phi) is 3.18. The summed E-state index contributed by atoms with van der Waals surface area (Å²) in [4.78, 5) is 16.1. The molecule has 1 amide bonds. The van der Waals surface area contributed by atoms with Crippen molar-refractivity contribution in [3.8, 4) is 0 Å². The molecule has 2 aromatic rings. The van der Waals surface area contributed by atoms with Crippen LogP contribution in [0.15, 0.2) is 54.6 Å². The van der Waals surface area contributed by atoms with Crippen LogP contribution >= 0.6 is 0 Å². The first-order valence-electron chi connectivity index (χ1n) is 6.83. The highest BCUT2D eigenvalue weighted by Gasteiger charge is 2.30. The minimum Gasteiger partial charge on any atom is -0.364 e. The van der Waals surface area contributed by atoms with Gasteiger partial charge in [-0.15, -0.1) is 0 Å². The molecule has 2 aromatic carbocycles. The van der Waals surface area contributed by atoms with Gasteiger partial charge in [0, 0.05) is 14.0 Å². The Morgan fingerprint density at radius 2 is 1.60 bits per heavy atom. The van der Waals surface area contributed by atoms with Crippen molar-refractivity contribution in [2.75, 3.05) is 23.4 Å². The molecule has 0 aliphatic carbocycles. The number of rotatable bonds is 1. The number of hydrogen-bond acceptors (Lipinski definition) is 2. The third-order valence-electron chi connectivity index (χ3n) is 3.94. The van der Waals surface area contributed by atoms with E-state index in [2.05, 4.69) is 30.1 Å². The first-order valence-corrected chi connectivity index (χ1v) is 6.83. The first kappa shape index (κ1) is 12.7. The van der Waals surface area contributed by atoms with Gasteiger partial charge >= 0.3 is 0 Å². The molecular formula is C17H18N2O. The molecule has 0 fully saturated rings. The van der Waals surface area contributed by atoms with Gasteiger partial charge in [0.1, 0.15) is 0 Å². The third kappa shape index (κ3) is 2.05. The summed E-state index contributed by atoms with van der Waals surface area (Å²) in [5.41, 5.74) is 3.33. The molecular weight excluding hydrogens is 248 g/mol. The second-order valence-electron chi connectivity index (χ2n) is 5.16. The van der Waals surface area contributed by atoms with Crippen molar-refractivity contribution < 1.29 is 4.79 Å². The fraction of sp³-hybridized carbons (Fsp3) is 0.235. The minimum absolute atomic E-state index is 0.0893. The fourth-order valence-corrected chi connectivity index (χ4v) is 2.85. The van der Waals surface area contributed by atoms with Crippen molar-refractivity contribution in [3.63, 3.8) is 0 Å². The van der Waals surface area contributed by atoms with Crippen LogP contribution in [0.3, 0.4) is 0 Å². The van der Waals surface area contributed by atoms with E-state index in [4.69, 9.17) is 0 Å². The van der Waals surface area contributed by atoms with Gasteiger partial charge < -0.3 is 9.80 Å². The summed E-state index contributed by atoms with van der Waals surface area (Å²) < 4.78 is 0. The van der Waals surface area contributed by atoms with Crippen LogP contribution in [0.1, 0.15) is 18.5 Å². The second-order valence-corrected chi connectivity index (χ2v) is 5.16. The van der Waals surface area contributed by atoms with E-state index in [9.17, 15) is 4.79 Å². The monoisotopic (exact) mass is 266 g/mol. The lowest BCUT2D eigenvalue weighted by Crippen LogP contribution is -2.44. The van der Waals surface area contributed by atoms with Gasteiger partial charge in [0.25, 0.3) is 0 Å². The molecule has 1 atom stereocenters. The Labute approximate surface area is 119 Å². The maximum Gasteiger partial charge on any atom is 0.224 e. The predicted molar refractivity (Wildman–Crippen MR) is 82.1 cm³/mol. The largest absolute Gasteiger partial charge is 0.364 e. The molecule has 1 unspecified atom stereocenters. The van der Waals surface area contributed by atoms with E-state index in [1.165, 1.54) is 5.56 Å². The molecule has 0 bridgehead atoms. The topological polar surface area (TPSA) is 23.6 Å². The van der Waals surface area contributed by atoms with Gasteiger partial charge in [-0.05, 0) is 17.7 Å². The molecule has 20 heavy (non-hydrogen) atoms. The van der Waals surface area contributed by atoms with Crippen LogP contribution in [0.25, 0.3) is 0 Å². The van der Waals surface area contributed by atoms with Crippen LogP contribution in [0.5, 0.6) is 0 Å². The quantitative estimate of drug-likeness (QED) is 0.791. The van der Waals surface area contributed by atoms with Gasteiger partial charge in [-0.3, -0.25) is 4.79 Å². The molecule has 3 heteroatoms. The number of nitrogens with zero attached hydrogens (tertiary/aromatic N) is 2. The molecule has 3 rings (SSSR count). The summed E-state index contributed by atoms with van der Waals surface area (Å²) in [6.07, 6.45) is 0. The van der Waals surface area contributed by atoms with Crippen LogP contribution in [0.4, 0.5) is 11.4 Å². The number of para-hydroxylation sites is 2. The molecule has 3 nitrogen and oxygen atoms in total. The second kappa shape index (κ2) is 5.00. The van der Waals surface area contributed by atoms with E-state index >= 15 is 0 Å². The number of benzene rings is 2. The van der Waals surface area contributed by atoms with Gasteiger partial charge in [0.15, 0.2) is 0 Å². The van der Waals surface area contributed by atoms with Gasteiger partial charge in [0.2, 0.25) is 5.91 Å². The third-order valence-corrected chi connectivity index (χ3v) is 3.94. The average Bonchev–Trinajstić information content (AvgIpc) is 2.48. The highest BCUT2D eigenvalue weighted by Crippen LogP contribution is 2.39. The number of carbonyl (C=O) groups excluding carboxylic acids is 1. The number of likely N-dealkylation sites (N-methyl/N-ethyl adjacent to an activating group) is 1. The zero-order valence-corrected chi connectivity index (χ0v) is 11.8. The SMILES string of the molecule is CC(=O)N1CC(c2ccccc2)N(C)c2ccccc21. The molecule has 0 aromatic heterocycles. The van der Waals surface area contributed by atoms with Crippen LogP contribution < -0.4 is 9.80 Å². The number of carbonyl (C=O) groups is 1. The summed E-state index contributed by atoms with van der Waals surface area (Å²) in [5.74, 6) is 0.0893. The Morgan fingerprint density at radius 3 is 2.25 bits per heavy atom. The van der Waals surface area contributed by atoms with Crippen molar-refractivity contribution in [3.05, 3.63) is 60.2 Å². The van der Waals surface area contributed by atoms with Crippen molar-refractivity contribution in [1.82, 2.24) is 0 Å². The van der Waals surface area contributed by atoms with Crippen LogP contribution in [0.2, 0.25) is 0 Å². The molecule has 0 saturated heterocycles. The molecule has 1 heterocycles. The average molecular weight is 266 g/mol. The van der Waals surface area contributed by atoms with E-state index in [0.717, 1.165) is 11.4 Å². The lowest BCUT2D eigenvalue weighted by molar-refractivity contribution is -0.116. The maximum absolute atomic E-state index is 12.0. The Hall–Kier alpha value is -2.29. The first-order chi connectivity index (χ1) is 9.68. The molecule has 102 valence electrons. The van der Waals surface area contributed by atoms with E-state index in [1.54, 1.807) is 6.92 Å². The normalized spacial score (nSPS) is 17.8. The zero-order chi connectivity index (χ0) is 14.1. The van der Waals surface area contributed by atoms with Crippen LogP contribution in [-0.4, -0.2) is 19.5 Å². The molecule has 0 radical (unpaired) electrons. The summed E-state index contributed by atoms with van der Waals surface area (Å²) in [7, 11) is 2.09. The van der Waals surface area contributed by atoms with Crippen molar-refractivity contribution >= 4 is 17.3 Å². The number of hydrogen-bond donors (Lipinski definition) is 0. The fourth-order valence-electron chi connectivity index (χ4n) is 2.85. The predicted octanol–water partition coefficient (Wildman–Crippen LogP) is 3.23. The van der Waals surface area contributed by atoms with E-state index < -0.39 is 0 Å². The summed E-state index contributed by atoms with van der Waals surface area (Å²) in [6, 6.07) is 18.6. The number of anilines is 2. The molecule has 1 aliphatic heterocycles. The van der Waals surface area contributed by atoms with Gasteiger partial charge in [-0.1, -0.05) is 42.5 Å². The van der Waals surface area contributed by atoms with E-state index in [0.29, 0.717) is 6.54 Å². The number of amides is 1. The number of fused-ring (bicyclic) bond motifs is 1. The molecule has 0 spiro atoms. The van der Waals surface area contributed by atoms with Gasteiger partial charge in [0.05, 0.1) is 24.0 Å². The molecule has 0 N–H and O–H groups in total. The Bertz CT molecular complexity index is 624. The van der Waals surface area contributed by atoms with Crippen LogP contribution in [-0.2, 0) is 4.79 Å². The summed E-state index contributed by atoms with van der Waals surface area (Å²) >= 11 is 0. The van der Waals surface area contributed by atoms with Gasteiger partial charge in [-0.2, -0.15) is 0 Å². The zero-order valence-electron chi connectivity index (χ0n) is 11.8. The summed E-state index contributed by atoms with van der Waals surface area (Å²) in [5, 5.41) is 0. The Morgan fingerprint density at radius 1 is 1.00 bits per heavy atom. The molecule has 1 aliphatic rings. The summed E-state index contributed by atoms with van der Waals surface area (Å²) in [6.45, 7) is 2.32. The molecule has 0 saturated carbocycles. The van der Waals surface area contributed by atoms with Crippen LogP contribution in [0, 0.1) is 0 Å². The highest BCUT2D eigenvalue weighted by molar-refractivity contribution is 5.96. The Balaban J connectivity index is 2.07. The lowest BCUT2D eigenvalue weighted by atomic mass is 10.0. The van der Waals surface area contributed by atoms with E-state index in [1.807, 2.05) is 41.3 Å². The maximum atomic E-state index is 12.0. The van der Waals surface area contributed by atoms with Crippen molar-refractivity contribution in [1.29, 1.82) is 0 Å². The lowest BCUT2D eigenvalue weighted by Gasteiger charge is -2.41. The highest BCUT2D eigenvalue weighted by atomic mass is 16.2. The van der Waals surface area contributed by atoms with Gasteiger partial charge in [-0.25, -0.2) is 0 Å². The van der Waals surface area contributed by atoms with Crippen molar-refractivity contribution in [2.24, 2.45) is 0 Å². The minimum atomic E-state index is 0.0893. The van der Waals surface area contributed by atoms with Crippen molar-refractivity contribution in [2.45, 2.75) is 13.0 Å². The smallest absolute Gasteiger partial charge is 0.224 e. The standard InChI is InChI=1S/C17H18N2O/c1-13(20)19-12-17(14-8-4-3-5-9-14)18(2)15-10-6-7-11-16(15)19/h3-11,17H,12H2,1-2H3.